The molecule has 1 saturated heterocycles. The Morgan fingerprint density at radius 3 is 2.79 bits per heavy atom. The maximum atomic E-state index is 5.64. The molecule has 1 aromatic carbocycles. The van der Waals surface area contributed by atoms with Gasteiger partial charge in [0.2, 0.25) is 0 Å². The lowest BCUT2D eigenvalue weighted by molar-refractivity contribution is 0.338. The van der Waals surface area contributed by atoms with Crippen LogP contribution in [-0.2, 0) is 20.0 Å². The second-order valence-electron chi connectivity index (χ2n) is 7.53. The lowest BCUT2D eigenvalue weighted by Gasteiger charge is -2.21. The molecule has 7 heteroatoms. The van der Waals surface area contributed by atoms with Gasteiger partial charge in [-0.3, -0.25) is 4.68 Å². The van der Waals surface area contributed by atoms with Crippen molar-refractivity contribution in [1.29, 1.82) is 0 Å². The van der Waals surface area contributed by atoms with Crippen LogP contribution in [0, 0.1) is 12.8 Å². The first-order valence-electron chi connectivity index (χ1n) is 10.3. The van der Waals surface area contributed by atoms with E-state index in [9.17, 15) is 0 Å². The maximum Gasteiger partial charge on any atom is 0.194 e. The Hall–Kier alpha value is -1.77. The van der Waals surface area contributed by atoms with E-state index in [-0.39, 0.29) is 24.0 Å². The van der Waals surface area contributed by atoms with Crippen LogP contribution < -0.4 is 10.1 Å². The largest absolute Gasteiger partial charge is 0.494 e. The second kappa shape index (κ2) is 11.4. The van der Waals surface area contributed by atoms with Crippen LogP contribution in [-0.4, -0.2) is 46.9 Å². The molecule has 2 heterocycles. The molecule has 2 aromatic rings. The van der Waals surface area contributed by atoms with Gasteiger partial charge in [-0.1, -0.05) is 12.1 Å². The number of hydrogen-bond donors (Lipinski definition) is 1. The van der Waals surface area contributed by atoms with Gasteiger partial charge in [-0.15, -0.1) is 24.0 Å². The minimum atomic E-state index is 0. The van der Waals surface area contributed by atoms with Crippen molar-refractivity contribution in [2.45, 2.75) is 40.2 Å². The van der Waals surface area contributed by atoms with Gasteiger partial charge in [-0.2, -0.15) is 5.10 Å². The average molecular weight is 511 g/mol. The fourth-order valence-electron chi connectivity index (χ4n) is 3.82. The van der Waals surface area contributed by atoms with E-state index in [4.69, 9.17) is 9.73 Å². The Bertz CT molecular complexity index is 804. The number of aliphatic imine (C=N–C) groups is 1. The zero-order chi connectivity index (χ0) is 19.9. The molecule has 29 heavy (non-hydrogen) atoms. The molecule has 0 amide bonds. The van der Waals surface area contributed by atoms with Crippen molar-refractivity contribution in [3.8, 4) is 5.75 Å². The van der Waals surface area contributed by atoms with Crippen LogP contribution in [0.1, 0.15) is 37.0 Å². The van der Waals surface area contributed by atoms with Crippen molar-refractivity contribution in [3.05, 3.63) is 47.3 Å². The minimum absolute atomic E-state index is 0. The van der Waals surface area contributed by atoms with Gasteiger partial charge in [0.15, 0.2) is 5.96 Å². The molecule has 1 fully saturated rings. The van der Waals surface area contributed by atoms with Crippen molar-refractivity contribution in [2.75, 3.05) is 26.2 Å². The molecule has 3 rings (SSSR count). The predicted molar refractivity (Wildman–Crippen MR) is 129 cm³/mol. The van der Waals surface area contributed by atoms with E-state index < -0.39 is 0 Å². The van der Waals surface area contributed by atoms with E-state index in [1.807, 2.05) is 24.9 Å². The van der Waals surface area contributed by atoms with Gasteiger partial charge in [0.25, 0.3) is 0 Å². The summed E-state index contributed by atoms with van der Waals surface area (Å²) in [5, 5.41) is 7.75. The standard InChI is InChI=1S/C22H33N5O.HI/c1-5-23-22(24-13-18-7-8-21(28-6-2)17(3)11-18)27-10-9-19(16-27)12-20-14-25-26(4)15-20;/h7-8,11,14-15,19H,5-6,9-10,12-13,16H2,1-4H3,(H,23,24);1H. The first-order chi connectivity index (χ1) is 13.6. The number of ether oxygens (including phenoxy) is 1. The van der Waals surface area contributed by atoms with E-state index >= 15 is 0 Å². The second-order valence-corrected chi connectivity index (χ2v) is 7.53. The molecule has 1 N–H and O–H groups in total. The molecule has 1 atom stereocenters. The maximum absolute atomic E-state index is 5.64. The van der Waals surface area contributed by atoms with Crippen LogP contribution in [0.15, 0.2) is 35.6 Å². The Kier molecular flexibility index (Phi) is 9.26. The minimum Gasteiger partial charge on any atom is -0.494 e. The topological polar surface area (TPSA) is 54.7 Å². The third-order valence-corrected chi connectivity index (χ3v) is 5.15. The highest BCUT2D eigenvalue weighted by Gasteiger charge is 2.25. The molecule has 1 aliphatic heterocycles. The Morgan fingerprint density at radius 1 is 1.31 bits per heavy atom. The lowest BCUT2D eigenvalue weighted by atomic mass is 10.0. The highest BCUT2D eigenvalue weighted by molar-refractivity contribution is 14.0. The number of nitrogens with one attached hydrogen (secondary N) is 1. The molecule has 0 aliphatic carbocycles. The lowest BCUT2D eigenvalue weighted by Crippen LogP contribution is -2.40. The number of benzene rings is 1. The van der Waals surface area contributed by atoms with Gasteiger partial charge in [0.05, 0.1) is 19.3 Å². The zero-order valence-corrected chi connectivity index (χ0v) is 20.3. The number of aromatic nitrogens is 2. The van der Waals surface area contributed by atoms with E-state index in [0.29, 0.717) is 19.1 Å². The summed E-state index contributed by atoms with van der Waals surface area (Å²) in [5.41, 5.74) is 3.70. The molecule has 0 bridgehead atoms. The highest BCUT2D eigenvalue weighted by atomic mass is 127. The summed E-state index contributed by atoms with van der Waals surface area (Å²) < 4.78 is 7.52. The SMILES string of the molecule is CCNC(=NCc1ccc(OCC)c(C)c1)N1CCC(Cc2cnn(C)c2)C1.I. The smallest absolute Gasteiger partial charge is 0.194 e. The monoisotopic (exact) mass is 511 g/mol. The van der Waals surface area contributed by atoms with E-state index in [1.54, 1.807) is 0 Å². The molecule has 6 nitrogen and oxygen atoms in total. The fraction of sp³-hybridized carbons (Fsp3) is 0.545. The van der Waals surface area contributed by atoms with Gasteiger partial charge < -0.3 is 15.0 Å². The highest BCUT2D eigenvalue weighted by Crippen LogP contribution is 2.22. The van der Waals surface area contributed by atoms with Crippen LogP contribution >= 0.6 is 24.0 Å². The summed E-state index contributed by atoms with van der Waals surface area (Å²) >= 11 is 0. The van der Waals surface area contributed by atoms with Gasteiger partial charge in [-0.05, 0) is 62.3 Å². The molecule has 0 saturated carbocycles. The summed E-state index contributed by atoms with van der Waals surface area (Å²) in [6.07, 6.45) is 6.38. The first kappa shape index (κ1) is 23.5. The van der Waals surface area contributed by atoms with Crippen LogP contribution in [0.3, 0.4) is 0 Å². The fourth-order valence-corrected chi connectivity index (χ4v) is 3.82. The number of aryl methyl sites for hydroxylation is 2. The van der Waals surface area contributed by atoms with Crippen LogP contribution in [0.4, 0.5) is 0 Å². The van der Waals surface area contributed by atoms with E-state index in [0.717, 1.165) is 43.3 Å². The third kappa shape index (κ3) is 6.62. The average Bonchev–Trinajstić information content (AvgIpc) is 3.30. The van der Waals surface area contributed by atoms with Gasteiger partial charge >= 0.3 is 0 Å². The molecule has 1 unspecified atom stereocenters. The summed E-state index contributed by atoms with van der Waals surface area (Å²) in [5.74, 6) is 2.63. The van der Waals surface area contributed by atoms with Crippen LogP contribution in [0.5, 0.6) is 5.75 Å². The van der Waals surface area contributed by atoms with Gasteiger partial charge in [-0.25, -0.2) is 4.99 Å². The molecular weight excluding hydrogens is 477 g/mol. The van der Waals surface area contributed by atoms with Crippen molar-refractivity contribution >= 4 is 29.9 Å². The third-order valence-electron chi connectivity index (χ3n) is 5.15. The number of hydrogen-bond acceptors (Lipinski definition) is 3. The number of rotatable bonds is 7. The molecular formula is C22H34IN5O. The van der Waals surface area contributed by atoms with Crippen molar-refractivity contribution in [2.24, 2.45) is 18.0 Å². The zero-order valence-electron chi connectivity index (χ0n) is 18.0. The van der Waals surface area contributed by atoms with Gasteiger partial charge in [0.1, 0.15) is 5.75 Å². The molecule has 1 aromatic heterocycles. The van der Waals surface area contributed by atoms with Crippen molar-refractivity contribution in [1.82, 2.24) is 20.0 Å². The molecule has 160 valence electrons. The Balaban J connectivity index is 0.00000300. The van der Waals surface area contributed by atoms with Crippen molar-refractivity contribution < 1.29 is 4.74 Å². The number of nitrogens with zero attached hydrogens (tertiary/aromatic N) is 4. The van der Waals surface area contributed by atoms with E-state index in [2.05, 4.69) is 53.6 Å². The quantitative estimate of drug-likeness (QED) is 0.350. The number of guanidine groups is 1. The Morgan fingerprint density at radius 2 is 2.14 bits per heavy atom. The number of likely N-dealkylation sites (tertiary alicyclic amines) is 1. The summed E-state index contributed by atoms with van der Waals surface area (Å²) in [6, 6.07) is 6.34. The van der Waals surface area contributed by atoms with E-state index in [1.165, 1.54) is 17.5 Å². The predicted octanol–water partition coefficient (Wildman–Crippen LogP) is 3.78. The van der Waals surface area contributed by atoms with Crippen molar-refractivity contribution in [3.63, 3.8) is 0 Å². The molecule has 0 spiro atoms. The summed E-state index contributed by atoms with van der Waals surface area (Å²) in [4.78, 5) is 7.30. The molecule has 0 radical (unpaired) electrons. The van der Waals surface area contributed by atoms with Gasteiger partial charge in [0, 0.05) is 32.9 Å². The Labute approximate surface area is 191 Å². The normalized spacial score (nSPS) is 16.6. The number of halogens is 1. The van der Waals surface area contributed by atoms with Crippen LogP contribution in [0.2, 0.25) is 0 Å². The van der Waals surface area contributed by atoms with Crippen LogP contribution in [0.25, 0.3) is 0 Å². The first-order valence-corrected chi connectivity index (χ1v) is 10.3. The molecule has 1 aliphatic rings. The summed E-state index contributed by atoms with van der Waals surface area (Å²) in [7, 11) is 1.98. The summed E-state index contributed by atoms with van der Waals surface area (Å²) in [6.45, 7) is 10.6.